The van der Waals surface area contributed by atoms with E-state index in [2.05, 4.69) is 163 Å². The second kappa shape index (κ2) is 9.63. The van der Waals surface area contributed by atoms with Gasteiger partial charge in [-0.1, -0.05) is 127 Å². The van der Waals surface area contributed by atoms with Gasteiger partial charge in [-0.2, -0.15) is 0 Å². The molecule has 0 saturated carbocycles. The molecule has 1 atom stereocenters. The average Bonchev–Trinajstić information content (AvgIpc) is 3.66. The lowest BCUT2D eigenvalue weighted by molar-refractivity contribution is 0.648. The van der Waals surface area contributed by atoms with E-state index in [1.165, 1.54) is 88.3 Å². The minimum atomic E-state index is -0.194. The molecule has 2 aliphatic carbocycles. The van der Waals surface area contributed by atoms with Gasteiger partial charge < -0.3 is 5.32 Å². The molecule has 11 rings (SSSR count). The molecule has 48 heavy (non-hydrogen) atoms. The lowest BCUT2D eigenvalue weighted by atomic mass is 9.88. The fourth-order valence-corrected chi connectivity index (χ4v) is 8.48. The van der Waals surface area contributed by atoms with Gasteiger partial charge in [-0.05, 0) is 118 Å². The number of fused-ring (bicyclic) bond motifs is 7. The predicted octanol–water partition coefficient (Wildman–Crippen LogP) is 10.3. The third kappa shape index (κ3) is 3.55. The molecule has 2 heteroatoms. The van der Waals surface area contributed by atoms with Crippen LogP contribution in [0.15, 0.2) is 157 Å². The van der Waals surface area contributed by atoms with Crippen molar-refractivity contribution in [3.63, 3.8) is 0 Å². The number of hydrogen-bond acceptors (Lipinski definition) is 2. The van der Waals surface area contributed by atoms with Crippen LogP contribution in [-0.2, 0) is 0 Å². The third-order valence-electron chi connectivity index (χ3n) is 10.6. The zero-order chi connectivity index (χ0) is 31.3. The van der Waals surface area contributed by atoms with Gasteiger partial charge in [0.2, 0.25) is 0 Å². The van der Waals surface area contributed by atoms with Gasteiger partial charge in [0.25, 0.3) is 0 Å². The highest BCUT2D eigenvalue weighted by atomic mass is 15.1. The first-order chi connectivity index (χ1) is 23.8. The summed E-state index contributed by atoms with van der Waals surface area (Å²) < 4.78 is 0. The Hall–Kier alpha value is -6.25. The number of hydrogen-bond donors (Lipinski definition) is 1. The summed E-state index contributed by atoms with van der Waals surface area (Å²) in [6.07, 6.45) is 1.91. The Morgan fingerprint density at radius 1 is 0.396 bits per heavy atom. The Kier molecular flexibility index (Phi) is 5.20. The number of rotatable bonds is 3. The van der Waals surface area contributed by atoms with E-state index in [4.69, 9.17) is 4.99 Å². The van der Waals surface area contributed by atoms with Crippen molar-refractivity contribution in [3.05, 3.63) is 168 Å². The monoisotopic (exact) mass is 608 g/mol. The first kappa shape index (κ1) is 25.9. The zero-order valence-corrected chi connectivity index (χ0v) is 26.0. The molecule has 0 bridgehead atoms. The first-order valence-electron chi connectivity index (χ1n) is 16.7. The van der Waals surface area contributed by atoms with E-state index in [0.29, 0.717) is 0 Å². The van der Waals surface area contributed by atoms with Crippen LogP contribution in [0.3, 0.4) is 0 Å². The molecular formula is C46H28N2. The number of benzene rings is 8. The standard InChI is InChI=1S/C46H28N2/c1-6-18-43-27(9-1)26-47-46(48-43)30-24-28(31-19-21-41-35-12-4-2-10-33(35)39-16-7-14-37(31)44(39)41)23-29(25-30)32-20-22-42-36-13-5-3-11-34(36)40-17-8-15-38(32)45(40)42/h1-26,46-47H. The van der Waals surface area contributed by atoms with Crippen LogP contribution in [0.25, 0.3) is 94.5 Å². The Morgan fingerprint density at radius 2 is 0.854 bits per heavy atom. The molecule has 8 aromatic rings. The molecule has 1 N–H and O–H groups in total. The van der Waals surface area contributed by atoms with Crippen LogP contribution in [0.1, 0.15) is 11.7 Å². The van der Waals surface area contributed by atoms with Crippen LogP contribution in [-0.4, -0.2) is 0 Å². The maximum atomic E-state index is 5.20. The molecule has 0 amide bonds. The molecule has 1 heterocycles. The van der Waals surface area contributed by atoms with Gasteiger partial charge in [0.05, 0.1) is 5.36 Å². The van der Waals surface area contributed by atoms with E-state index in [-0.39, 0.29) is 6.17 Å². The van der Waals surface area contributed by atoms with Crippen LogP contribution in [0.4, 0.5) is 0 Å². The molecular weight excluding hydrogens is 581 g/mol. The molecule has 222 valence electrons. The SMILES string of the molecule is C1=c2ccccc2=NC(c2cc(-c3ccc4c5c(cccc35)-c3ccccc3-4)cc(-c3ccc4c5c(cccc35)-c3ccccc3-4)c2)N1. The van der Waals surface area contributed by atoms with E-state index < -0.39 is 0 Å². The lowest BCUT2D eigenvalue weighted by Gasteiger charge is -2.20. The van der Waals surface area contributed by atoms with Crippen LogP contribution in [0.5, 0.6) is 0 Å². The first-order valence-corrected chi connectivity index (χ1v) is 16.7. The molecule has 1 unspecified atom stereocenters. The summed E-state index contributed by atoms with van der Waals surface area (Å²) in [6.45, 7) is 0. The van der Waals surface area contributed by atoms with Crippen LogP contribution in [0, 0.1) is 0 Å². The van der Waals surface area contributed by atoms with Gasteiger partial charge in [0, 0.05) is 11.4 Å². The largest absolute Gasteiger partial charge is 0.366 e. The molecule has 3 aliphatic rings. The smallest absolute Gasteiger partial charge is 0.145 e. The minimum Gasteiger partial charge on any atom is -0.366 e. The molecule has 0 saturated heterocycles. The lowest BCUT2D eigenvalue weighted by Crippen LogP contribution is -2.34. The summed E-state index contributed by atoms with van der Waals surface area (Å²) in [4.78, 5) is 5.20. The van der Waals surface area contributed by atoms with Crippen molar-refractivity contribution >= 4 is 27.7 Å². The third-order valence-corrected chi connectivity index (χ3v) is 10.6. The molecule has 0 aromatic heterocycles. The Labute approximate surface area is 278 Å². The summed E-state index contributed by atoms with van der Waals surface area (Å²) >= 11 is 0. The number of para-hydroxylation sites is 1. The van der Waals surface area contributed by atoms with Crippen LogP contribution in [0.2, 0.25) is 0 Å². The Balaban J connectivity index is 1.17. The average molecular weight is 609 g/mol. The van der Waals surface area contributed by atoms with Crippen molar-refractivity contribution in [2.45, 2.75) is 6.17 Å². The van der Waals surface area contributed by atoms with Gasteiger partial charge in [-0.15, -0.1) is 0 Å². The summed E-state index contributed by atoms with van der Waals surface area (Å²) in [5.74, 6) is 0. The minimum absolute atomic E-state index is 0.194. The van der Waals surface area contributed by atoms with Gasteiger partial charge in [-0.25, -0.2) is 0 Å². The maximum Gasteiger partial charge on any atom is 0.145 e. The van der Waals surface area contributed by atoms with Gasteiger partial charge >= 0.3 is 0 Å². The topological polar surface area (TPSA) is 24.4 Å². The van der Waals surface area contributed by atoms with Crippen molar-refractivity contribution in [3.8, 4) is 66.8 Å². The van der Waals surface area contributed by atoms with E-state index >= 15 is 0 Å². The number of nitrogens with one attached hydrogen (secondary N) is 1. The fourth-order valence-electron chi connectivity index (χ4n) is 8.48. The van der Waals surface area contributed by atoms with Gasteiger partial charge in [-0.3, -0.25) is 4.99 Å². The summed E-state index contributed by atoms with van der Waals surface area (Å²) in [6, 6.07) is 55.8. The second-order valence-corrected chi connectivity index (χ2v) is 13.1. The molecule has 0 spiro atoms. The number of nitrogens with zero attached hydrogens (tertiary/aromatic N) is 1. The quantitative estimate of drug-likeness (QED) is 0.212. The van der Waals surface area contributed by atoms with Gasteiger partial charge in [0.1, 0.15) is 6.17 Å². The Morgan fingerprint density at radius 3 is 1.42 bits per heavy atom. The molecule has 0 fully saturated rings. The van der Waals surface area contributed by atoms with Crippen LogP contribution < -0.4 is 15.9 Å². The normalized spacial score (nSPS) is 14.5. The van der Waals surface area contributed by atoms with Crippen LogP contribution >= 0.6 is 0 Å². The van der Waals surface area contributed by atoms with E-state index in [1.807, 2.05) is 0 Å². The van der Waals surface area contributed by atoms with E-state index in [1.54, 1.807) is 0 Å². The fraction of sp³-hybridized carbons (Fsp3) is 0.0217. The van der Waals surface area contributed by atoms with Crippen molar-refractivity contribution in [2.75, 3.05) is 0 Å². The van der Waals surface area contributed by atoms with Crippen molar-refractivity contribution in [2.24, 2.45) is 4.99 Å². The highest BCUT2D eigenvalue weighted by Crippen LogP contribution is 2.51. The highest BCUT2D eigenvalue weighted by Gasteiger charge is 2.25. The molecule has 8 aromatic carbocycles. The maximum absolute atomic E-state index is 5.20. The van der Waals surface area contributed by atoms with E-state index in [9.17, 15) is 0 Å². The van der Waals surface area contributed by atoms with Crippen molar-refractivity contribution in [1.82, 2.24) is 5.32 Å². The summed E-state index contributed by atoms with van der Waals surface area (Å²) in [5, 5.41) is 11.0. The molecule has 1 aliphatic heterocycles. The predicted molar refractivity (Wildman–Crippen MR) is 199 cm³/mol. The molecule has 2 nitrogen and oxygen atoms in total. The Bertz CT molecular complexity index is 2610. The van der Waals surface area contributed by atoms with Crippen molar-refractivity contribution in [1.29, 1.82) is 0 Å². The van der Waals surface area contributed by atoms with Gasteiger partial charge in [0.15, 0.2) is 0 Å². The zero-order valence-electron chi connectivity index (χ0n) is 26.0. The summed E-state index contributed by atoms with van der Waals surface area (Å²) in [5.41, 5.74) is 16.6. The highest BCUT2D eigenvalue weighted by molar-refractivity contribution is 6.20. The molecule has 0 radical (unpaired) electrons. The summed E-state index contributed by atoms with van der Waals surface area (Å²) in [7, 11) is 0. The van der Waals surface area contributed by atoms with E-state index in [0.717, 1.165) is 16.1 Å². The second-order valence-electron chi connectivity index (χ2n) is 13.1. The van der Waals surface area contributed by atoms with Crippen molar-refractivity contribution < 1.29 is 0 Å².